The molecule has 0 fully saturated rings. The first-order chi connectivity index (χ1) is 20.1. The Labute approximate surface area is 241 Å². The zero-order valence-corrected chi connectivity index (χ0v) is 22.9. The SMILES string of the molecule is CC.Cc1cc(C(F)(C(F)(F)F)C(F)(F)F)cc(C(F)(F)F)c1NC(=O)c1cccc(N(C)C(=O)c2ccc(F)nc2)c1F. The van der Waals surface area contributed by atoms with E-state index in [1.165, 1.54) is 0 Å². The normalized spacial score (nSPS) is 12.3. The number of anilines is 2. The number of pyridine rings is 1. The molecule has 240 valence electrons. The highest BCUT2D eigenvalue weighted by molar-refractivity contribution is 6.08. The Bertz CT molecular complexity index is 1500. The summed E-state index contributed by atoms with van der Waals surface area (Å²) in [5.41, 5.74) is -15.2. The monoisotopic (exact) mass is 647 g/mol. The van der Waals surface area contributed by atoms with Crippen molar-refractivity contribution in [2.24, 2.45) is 0 Å². The quantitative estimate of drug-likeness (QED) is 0.223. The smallest absolute Gasteiger partial charge is 0.321 e. The Hall–Kier alpha value is -4.31. The molecule has 2 aromatic carbocycles. The summed E-state index contributed by atoms with van der Waals surface area (Å²) < 4.78 is 163. The van der Waals surface area contributed by atoms with Gasteiger partial charge in [-0.2, -0.15) is 43.9 Å². The van der Waals surface area contributed by atoms with E-state index in [0.717, 1.165) is 43.6 Å². The second-order valence-corrected chi connectivity index (χ2v) is 8.69. The third-order valence-electron chi connectivity index (χ3n) is 5.92. The first-order valence-corrected chi connectivity index (χ1v) is 12.2. The Morgan fingerprint density at radius 1 is 0.841 bits per heavy atom. The number of halogens is 12. The van der Waals surface area contributed by atoms with E-state index >= 15 is 4.39 Å². The molecule has 0 bridgehead atoms. The van der Waals surface area contributed by atoms with Crippen LogP contribution < -0.4 is 10.2 Å². The summed E-state index contributed by atoms with van der Waals surface area (Å²) in [4.78, 5) is 29.3. The van der Waals surface area contributed by atoms with E-state index in [2.05, 4.69) is 4.98 Å². The number of benzene rings is 2. The fraction of sp³-hybridized carbons (Fsp3) is 0.296. The number of aromatic nitrogens is 1. The van der Waals surface area contributed by atoms with Crippen LogP contribution in [0.2, 0.25) is 0 Å². The van der Waals surface area contributed by atoms with Crippen LogP contribution in [0.1, 0.15) is 51.3 Å². The van der Waals surface area contributed by atoms with Crippen molar-refractivity contribution in [1.29, 1.82) is 0 Å². The van der Waals surface area contributed by atoms with Crippen LogP contribution in [0.15, 0.2) is 48.7 Å². The van der Waals surface area contributed by atoms with Crippen molar-refractivity contribution in [2.45, 2.75) is 45.0 Å². The zero-order valence-electron chi connectivity index (χ0n) is 22.9. The molecule has 1 heterocycles. The van der Waals surface area contributed by atoms with Crippen LogP contribution in [0.4, 0.5) is 64.1 Å². The van der Waals surface area contributed by atoms with Crippen LogP contribution in [-0.2, 0) is 11.8 Å². The molecule has 0 radical (unpaired) electrons. The molecule has 17 heteroatoms. The molecule has 0 saturated heterocycles. The molecule has 0 atom stereocenters. The lowest BCUT2D eigenvalue weighted by Crippen LogP contribution is -2.50. The topological polar surface area (TPSA) is 62.3 Å². The Balaban J connectivity index is 0.00000330. The van der Waals surface area contributed by atoms with Gasteiger partial charge in [0.05, 0.1) is 28.1 Å². The minimum Gasteiger partial charge on any atom is -0.321 e. The summed E-state index contributed by atoms with van der Waals surface area (Å²) in [6.45, 7) is 4.57. The van der Waals surface area contributed by atoms with E-state index in [1.807, 2.05) is 13.8 Å². The van der Waals surface area contributed by atoms with Crippen LogP contribution in [0, 0.1) is 18.7 Å². The van der Waals surface area contributed by atoms with Gasteiger partial charge >= 0.3 is 24.2 Å². The molecule has 0 aliphatic heterocycles. The van der Waals surface area contributed by atoms with Gasteiger partial charge in [0.15, 0.2) is 5.82 Å². The molecule has 5 nitrogen and oxygen atoms in total. The molecule has 1 aromatic heterocycles. The van der Waals surface area contributed by atoms with Crippen molar-refractivity contribution in [3.8, 4) is 0 Å². The van der Waals surface area contributed by atoms with Crippen molar-refractivity contribution in [3.63, 3.8) is 0 Å². The van der Waals surface area contributed by atoms with Crippen LogP contribution >= 0.6 is 0 Å². The van der Waals surface area contributed by atoms with Gasteiger partial charge in [-0.25, -0.2) is 13.8 Å². The fourth-order valence-corrected chi connectivity index (χ4v) is 3.80. The maximum absolute atomic E-state index is 15.3. The van der Waals surface area contributed by atoms with Gasteiger partial charge in [-0.1, -0.05) is 26.0 Å². The van der Waals surface area contributed by atoms with Crippen LogP contribution in [-0.4, -0.2) is 36.2 Å². The number of nitrogens with zero attached hydrogens (tertiary/aromatic N) is 2. The zero-order chi connectivity index (χ0) is 34.0. The molecule has 0 saturated carbocycles. The van der Waals surface area contributed by atoms with Gasteiger partial charge in [-0.15, -0.1) is 0 Å². The second-order valence-electron chi connectivity index (χ2n) is 8.69. The predicted octanol–water partition coefficient (Wildman–Crippen LogP) is 8.53. The van der Waals surface area contributed by atoms with Gasteiger partial charge < -0.3 is 10.2 Å². The number of nitrogens with one attached hydrogen (secondary N) is 1. The van der Waals surface area contributed by atoms with Crippen LogP contribution in [0.3, 0.4) is 0 Å². The number of rotatable bonds is 5. The van der Waals surface area contributed by atoms with E-state index in [9.17, 15) is 57.9 Å². The van der Waals surface area contributed by atoms with Crippen LogP contribution in [0.5, 0.6) is 0 Å². The van der Waals surface area contributed by atoms with Crippen molar-refractivity contribution in [1.82, 2.24) is 4.98 Å². The highest BCUT2D eigenvalue weighted by Crippen LogP contribution is 2.54. The lowest BCUT2D eigenvalue weighted by atomic mass is 9.90. The lowest BCUT2D eigenvalue weighted by molar-refractivity contribution is -0.348. The van der Waals surface area contributed by atoms with Crippen molar-refractivity contribution in [2.75, 3.05) is 17.3 Å². The van der Waals surface area contributed by atoms with E-state index in [4.69, 9.17) is 0 Å². The predicted molar refractivity (Wildman–Crippen MR) is 134 cm³/mol. The van der Waals surface area contributed by atoms with Gasteiger partial charge in [0.2, 0.25) is 5.95 Å². The number of hydrogen-bond acceptors (Lipinski definition) is 3. The molecule has 3 aromatic rings. The molecule has 0 unspecified atom stereocenters. The minimum absolute atomic E-state index is 0.179. The third kappa shape index (κ3) is 6.91. The number of carbonyl (C=O) groups is 2. The molecular weight excluding hydrogens is 626 g/mol. The van der Waals surface area contributed by atoms with E-state index in [0.29, 0.717) is 11.8 Å². The summed E-state index contributed by atoms with van der Waals surface area (Å²) in [6.07, 6.45) is -18.3. The Morgan fingerprint density at radius 3 is 1.89 bits per heavy atom. The summed E-state index contributed by atoms with van der Waals surface area (Å²) in [7, 11) is 1.03. The van der Waals surface area contributed by atoms with Gasteiger partial charge in [-0.3, -0.25) is 9.59 Å². The first kappa shape index (κ1) is 35.9. The molecule has 0 spiro atoms. The fourth-order valence-electron chi connectivity index (χ4n) is 3.80. The van der Waals surface area contributed by atoms with Gasteiger partial charge in [0.1, 0.15) is 0 Å². The number of alkyl halides is 10. The Morgan fingerprint density at radius 2 is 1.41 bits per heavy atom. The van der Waals surface area contributed by atoms with Gasteiger partial charge in [-0.05, 0) is 42.8 Å². The summed E-state index contributed by atoms with van der Waals surface area (Å²) in [6, 6.07) is 3.64. The van der Waals surface area contributed by atoms with Gasteiger partial charge in [0, 0.05) is 18.8 Å². The highest BCUT2D eigenvalue weighted by atomic mass is 19.4. The lowest BCUT2D eigenvalue weighted by Gasteiger charge is -2.31. The maximum atomic E-state index is 15.3. The third-order valence-corrected chi connectivity index (χ3v) is 5.92. The van der Waals surface area contributed by atoms with E-state index < -0.39 is 87.5 Å². The Kier molecular flexibility index (Phi) is 10.4. The molecular formula is C27H21F12N3O2. The molecule has 44 heavy (non-hydrogen) atoms. The largest absolute Gasteiger partial charge is 0.435 e. The summed E-state index contributed by atoms with van der Waals surface area (Å²) in [5, 5.41) is 1.59. The molecule has 0 aliphatic carbocycles. The number of carbonyl (C=O) groups excluding carboxylic acids is 2. The van der Waals surface area contributed by atoms with Crippen molar-refractivity contribution < 1.29 is 62.3 Å². The van der Waals surface area contributed by atoms with E-state index in [-0.39, 0.29) is 11.6 Å². The molecule has 3 rings (SSSR count). The molecule has 2 amide bonds. The first-order valence-electron chi connectivity index (χ1n) is 12.2. The van der Waals surface area contributed by atoms with Crippen molar-refractivity contribution >= 4 is 23.2 Å². The molecule has 1 N–H and O–H groups in total. The average molecular weight is 647 g/mol. The standard InChI is InChI=1S/C25H15F12N3O2.C2H6/c1-11-8-13(22(28,24(32,33)34)25(35,36)37)9-15(23(29,30)31)19(11)39-20(41)14-4-3-5-16(18(14)27)40(2)21(42)12-6-7-17(26)38-10-12;1-2/h3-10H,1-2H3,(H,39,41);1-2H3. The summed E-state index contributed by atoms with van der Waals surface area (Å²) >= 11 is 0. The minimum atomic E-state index is -6.72. The van der Waals surface area contributed by atoms with E-state index in [1.54, 1.807) is 5.32 Å². The highest BCUT2D eigenvalue weighted by Gasteiger charge is 2.73. The van der Waals surface area contributed by atoms with Crippen LogP contribution in [0.25, 0.3) is 0 Å². The van der Waals surface area contributed by atoms with Crippen molar-refractivity contribution in [3.05, 3.63) is 88.2 Å². The number of hydrogen-bond donors (Lipinski definition) is 1. The van der Waals surface area contributed by atoms with Gasteiger partial charge in [0.25, 0.3) is 11.8 Å². The second kappa shape index (κ2) is 12.7. The average Bonchev–Trinajstić information content (AvgIpc) is 2.92. The molecule has 0 aliphatic rings. The number of amides is 2. The summed E-state index contributed by atoms with van der Waals surface area (Å²) in [5.74, 6) is -5.01. The number of aryl methyl sites for hydroxylation is 1. The maximum Gasteiger partial charge on any atom is 0.435 e.